The Hall–Kier alpha value is -2.94. The number of anilines is 2. The highest BCUT2D eigenvalue weighted by Crippen LogP contribution is 2.38. The van der Waals surface area contributed by atoms with Crippen LogP contribution < -0.4 is 21.9 Å². The maximum Gasteiger partial charge on any atom is 0.260 e. The Morgan fingerprint density at radius 2 is 2.05 bits per heavy atom. The molecule has 0 atom stereocenters. The van der Waals surface area contributed by atoms with Crippen LogP contribution in [0.15, 0.2) is 18.5 Å². The molecule has 0 bridgehead atoms. The predicted octanol–water partition coefficient (Wildman–Crippen LogP) is 1.03. The molecule has 0 aromatic carbocycles. The van der Waals surface area contributed by atoms with E-state index >= 15 is 0 Å². The molecule has 6 N–H and O–H groups in total. The number of hydrogen-bond donors (Lipinski definition) is 3. The van der Waals surface area contributed by atoms with E-state index in [1.165, 1.54) is 7.11 Å². The van der Waals surface area contributed by atoms with Gasteiger partial charge in [-0.3, -0.25) is 9.78 Å². The van der Waals surface area contributed by atoms with Gasteiger partial charge in [0.1, 0.15) is 15.5 Å². The number of pyridine rings is 1. The van der Waals surface area contributed by atoms with Crippen LogP contribution in [0.2, 0.25) is 0 Å². The SMILES string of the molecule is COc1cncc(-c2nc(N)nc3sc(C(N)=O)c(N)c23)c1. The number of methoxy groups -OCH3 is 1. The lowest BCUT2D eigenvalue weighted by Gasteiger charge is -2.06. The van der Waals surface area contributed by atoms with E-state index in [4.69, 9.17) is 21.9 Å². The fraction of sp³-hybridized carbons (Fsp3) is 0.0769. The summed E-state index contributed by atoms with van der Waals surface area (Å²) in [5.41, 5.74) is 18.5. The summed E-state index contributed by atoms with van der Waals surface area (Å²) in [5, 5.41) is 0.531. The molecule has 0 aliphatic rings. The summed E-state index contributed by atoms with van der Waals surface area (Å²) in [6.45, 7) is 0. The number of fused-ring (bicyclic) bond motifs is 1. The van der Waals surface area contributed by atoms with Gasteiger partial charge in [-0.2, -0.15) is 0 Å². The van der Waals surface area contributed by atoms with Crippen LogP contribution in [0.25, 0.3) is 21.5 Å². The number of nitrogen functional groups attached to an aromatic ring is 2. The zero-order valence-electron chi connectivity index (χ0n) is 11.5. The van der Waals surface area contributed by atoms with Crippen LogP contribution in [0, 0.1) is 0 Å². The van der Waals surface area contributed by atoms with Gasteiger partial charge in [0.2, 0.25) is 5.95 Å². The number of carbonyl (C=O) groups is 1. The molecule has 0 saturated carbocycles. The van der Waals surface area contributed by atoms with Crippen molar-refractivity contribution in [3.8, 4) is 17.0 Å². The molecule has 3 heterocycles. The highest BCUT2D eigenvalue weighted by molar-refractivity contribution is 7.21. The number of nitrogens with zero attached hydrogens (tertiary/aromatic N) is 3. The molecule has 0 aliphatic carbocycles. The molecule has 0 unspecified atom stereocenters. The van der Waals surface area contributed by atoms with Gasteiger partial charge in [0.25, 0.3) is 5.91 Å². The van der Waals surface area contributed by atoms with E-state index in [-0.39, 0.29) is 16.5 Å². The highest BCUT2D eigenvalue weighted by Gasteiger charge is 2.20. The summed E-state index contributed by atoms with van der Waals surface area (Å²) in [6.07, 6.45) is 3.17. The number of aromatic nitrogens is 3. The van der Waals surface area contributed by atoms with Gasteiger partial charge >= 0.3 is 0 Å². The summed E-state index contributed by atoms with van der Waals surface area (Å²) in [4.78, 5) is 24.6. The molecular weight excluding hydrogens is 304 g/mol. The summed E-state index contributed by atoms with van der Waals surface area (Å²) < 4.78 is 5.15. The first kappa shape index (κ1) is 14.0. The van der Waals surface area contributed by atoms with Crippen LogP contribution >= 0.6 is 11.3 Å². The van der Waals surface area contributed by atoms with E-state index in [1.807, 2.05) is 0 Å². The number of amides is 1. The van der Waals surface area contributed by atoms with Crippen molar-refractivity contribution in [2.75, 3.05) is 18.6 Å². The molecule has 0 spiro atoms. The molecule has 3 rings (SSSR count). The minimum absolute atomic E-state index is 0.0718. The molecule has 0 aliphatic heterocycles. The van der Waals surface area contributed by atoms with E-state index in [9.17, 15) is 4.79 Å². The molecular formula is C13H12N6O2S. The lowest BCUT2D eigenvalue weighted by atomic mass is 10.1. The van der Waals surface area contributed by atoms with Crippen LogP contribution in [-0.4, -0.2) is 28.0 Å². The van der Waals surface area contributed by atoms with Crippen molar-refractivity contribution in [1.29, 1.82) is 0 Å². The largest absolute Gasteiger partial charge is 0.495 e. The molecule has 112 valence electrons. The topological polar surface area (TPSA) is 143 Å². The molecule has 0 fully saturated rings. The van der Waals surface area contributed by atoms with Crippen molar-refractivity contribution in [3.05, 3.63) is 23.3 Å². The van der Waals surface area contributed by atoms with Gasteiger partial charge in [-0.25, -0.2) is 9.97 Å². The van der Waals surface area contributed by atoms with Gasteiger partial charge in [-0.05, 0) is 6.07 Å². The second-order valence-corrected chi connectivity index (χ2v) is 5.43. The first-order chi connectivity index (χ1) is 10.5. The standard InChI is InChI=1S/C13H12N6O2S/c1-21-6-2-5(3-17-4-6)9-7-8(14)10(11(15)20)22-12(7)19-13(16)18-9/h2-4H,14H2,1H3,(H2,15,20)(H2,16,18,19). The molecule has 3 aromatic rings. The minimum atomic E-state index is -0.617. The van der Waals surface area contributed by atoms with E-state index in [1.54, 1.807) is 18.5 Å². The monoisotopic (exact) mass is 316 g/mol. The number of hydrogen-bond acceptors (Lipinski definition) is 8. The smallest absolute Gasteiger partial charge is 0.260 e. The van der Waals surface area contributed by atoms with E-state index in [2.05, 4.69) is 15.0 Å². The number of ether oxygens (including phenoxy) is 1. The van der Waals surface area contributed by atoms with E-state index in [0.29, 0.717) is 27.2 Å². The van der Waals surface area contributed by atoms with Crippen LogP contribution in [0.1, 0.15) is 9.67 Å². The molecule has 0 radical (unpaired) electrons. The van der Waals surface area contributed by atoms with Crippen molar-refractivity contribution < 1.29 is 9.53 Å². The van der Waals surface area contributed by atoms with Crippen molar-refractivity contribution in [2.45, 2.75) is 0 Å². The van der Waals surface area contributed by atoms with Gasteiger partial charge in [-0.1, -0.05) is 0 Å². The lowest BCUT2D eigenvalue weighted by molar-refractivity contribution is 0.100. The zero-order chi connectivity index (χ0) is 15.9. The van der Waals surface area contributed by atoms with E-state index < -0.39 is 5.91 Å². The summed E-state index contributed by atoms with van der Waals surface area (Å²) in [7, 11) is 1.54. The first-order valence-electron chi connectivity index (χ1n) is 6.16. The fourth-order valence-electron chi connectivity index (χ4n) is 2.09. The number of rotatable bonds is 3. The maximum absolute atomic E-state index is 11.5. The van der Waals surface area contributed by atoms with Crippen molar-refractivity contribution in [3.63, 3.8) is 0 Å². The second-order valence-electron chi connectivity index (χ2n) is 4.43. The Labute approximate surface area is 128 Å². The Bertz CT molecular complexity index is 892. The number of primary amides is 1. The van der Waals surface area contributed by atoms with Gasteiger partial charge in [0, 0.05) is 11.8 Å². The Balaban J connectivity index is 2.35. The Morgan fingerprint density at radius 1 is 1.27 bits per heavy atom. The highest BCUT2D eigenvalue weighted by atomic mass is 32.1. The van der Waals surface area contributed by atoms with Crippen LogP contribution in [0.3, 0.4) is 0 Å². The first-order valence-corrected chi connectivity index (χ1v) is 6.97. The van der Waals surface area contributed by atoms with Crippen LogP contribution in [0.5, 0.6) is 5.75 Å². The Kier molecular flexibility index (Phi) is 3.26. The van der Waals surface area contributed by atoms with Crippen molar-refractivity contribution in [1.82, 2.24) is 15.0 Å². The third-order valence-corrected chi connectivity index (χ3v) is 4.17. The molecule has 0 saturated heterocycles. The third kappa shape index (κ3) is 2.17. The second kappa shape index (κ2) is 5.11. The predicted molar refractivity (Wildman–Crippen MR) is 84.5 cm³/mol. The fourth-order valence-corrected chi connectivity index (χ4v) is 3.04. The molecule has 8 nitrogen and oxygen atoms in total. The molecule has 9 heteroatoms. The van der Waals surface area contributed by atoms with Gasteiger partial charge in [0.05, 0.1) is 30.1 Å². The summed E-state index contributed by atoms with van der Waals surface area (Å²) >= 11 is 1.08. The van der Waals surface area contributed by atoms with Gasteiger partial charge in [0.15, 0.2) is 0 Å². The van der Waals surface area contributed by atoms with Crippen molar-refractivity contribution in [2.24, 2.45) is 5.73 Å². The lowest BCUT2D eigenvalue weighted by Crippen LogP contribution is -2.10. The normalized spacial score (nSPS) is 10.8. The Morgan fingerprint density at radius 3 is 2.73 bits per heavy atom. The average Bonchev–Trinajstić information content (AvgIpc) is 2.83. The molecule has 22 heavy (non-hydrogen) atoms. The average molecular weight is 316 g/mol. The summed E-state index contributed by atoms with van der Waals surface area (Å²) in [6, 6.07) is 1.75. The molecule has 1 amide bonds. The zero-order valence-corrected chi connectivity index (χ0v) is 12.3. The van der Waals surface area contributed by atoms with Crippen molar-refractivity contribution >= 4 is 39.1 Å². The number of carbonyl (C=O) groups excluding carboxylic acids is 1. The van der Waals surface area contributed by atoms with E-state index in [0.717, 1.165) is 11.3 Å². The quantitative estimate of drug-likeness (QED) is 0.654. The van der Waals surface area contributed by atoms with Gasteiger partial charge in [-0.15, -0.1) is 11.3 Å². The van der Waals surface area contributed by atoms with Crippen LogP contribution in [-0.2, 0) is 0 Å². The molecule has 3 aromatic heterocycles. The van der Waals surface area contributed by atoms with Crippen LogP contribution in [0.4, 0.5) is 11.6 Å². The minimum Gasteiger partial charge on any atom is -0.495 e. The number of nitrogens with two attached hydrogens (primary N) is 3. The number of thiophene rings is 1. The third-order valence-electron chi connectivity index (χ3n) is 3.05. The van der Waals surface area contributed by atoms with Gasteiger partial charge < -0.3 is 21.9 Å². The maximum atomic E-state index is 11.5. The summed E-state index contributed by atoms with van der Waals surface area (Å²) in [5.74, 6) is 0.0168.